The first kappa shape index (κ1) is 22.9. The van der Waals surface area contributed by atoms with E-state index in [2.05, 4.69) is 55.5 Å². The molecule has 5 fully saturated rings. The fourth-order valence-corrected chi connectivity index (χ4v) is 6.79. The molecule has 1 aromatic rings. The Balaban J connectivity index is 1.31. The molecule has 33 heavy (non-hydrogen) atoms. The van der Waals surface area contributed by atoms with Crippen molar-refractivity contribution in [2.75, 3.05) is 20.1 Å². The van der Waals surface area contributed by atoms with E-state index in [1.54, 1.807) is 0 Å². The van der Waals surface area contributed by atoms with Gasteiger partial charge in [-0.05, 0) is 63.1 Å². The van der Waals surface area contributed by atoms with Gasteiger partial charge in [-0.2, -0.15) is 0 Å². The Kier molecular flexibility index (Phi) is 5.82. The lowest BCUT2D eigenvalue weighted by Crippen LogP contribution is -2.69. The van der Waals surface area contributed by atoms with Crippen LogP contribution in [0.2, 0.25) is 0 Å². The molecule has 2 saturated heterocycles. The largest absolute Gasteiger partial charge is 0.482 e. The van der Waals surface area contributed by atoms with Gasteiger partial charge >= 0.3 is 13.1 Å². The zero-order valence-corrected chi connectivity index (χ0v) is 20.3. The molecular weight excluding hydrogens is 415 g/mol. The minimum Gasteiger partial charge on any atom is -0.401 e. The maximum Gasteiger partial charge on any atom is 0.482 e. The van der Waals surface area contributed by atoms with Crippen molar-refractivity contribution in [1.82, 2.24) is 15.5 Å². The van der Waals surface area contributed by atoms with Crippen LogP contribution in [0.5, 0.6) is 0 Å². The average Bonchev–Trinajstić information content (AvgIpc) is 3.35. The van der Waals surface area contributed by atoms with E-state index >= 15 is 0 Å². The van der Waals surface area contributed by atoms with Gasteiger partial charge in [0.15, 0.2) is 0 Å². The number of carbonyl (C=O) groups excluding carboxylic acids is 1. The third-order valence-electron chi connectivity index (χ3n) is 8.89. The van der Waals surface area contributed by atoms with Crippen LogP contribution in [-0.2, 0) is 15.7 Å². The van der Waals surface area contributed by atoms with Crippen LogP contribution in [0.3, 0.4) is 0 Å². The molecule has 6 atom stereocenters. The van der Waals surface area contributed by atoms with Crippen molar-refractivity contribution in [3.05, 3.63) is 35.9 Å². The average molecular weight is 452 g/mol. The minimum absolute atomic E-state index is 0.0492. The molecule has 3 N–H and O–H groups in total. The summed E-state index contributed by atoms with van der Waals surface area (Å²) in [7, 11) is 1.52. The van der Waals surface area contributed by atoms with E-state index < -0.39 is 12.7 Å². The smallest absolute Gasteiger partial charge is 0.401 e. The summed E-state index contributed by atoms with van der Waals surface area (Å²) in [6.07, 6.45) is 3.54. The van der Waals surface area contributed by atoms with Gasteiger partial charge in [-0.25, -0.2) is 4.79 Å². The maximum atomic E-state index is 12.9. The highest BCUT2D eigenvalue weighted by molar-refractivity contribution is 6.48. The molecule has 178 valence electrons. The van der Waals surface area contributed by atoms with Gasteiger partial charge in [-0.15, -0.1) is 0 Å². The van der Waals surface area contributed by atoms with E-state index in [1.165, 1.54) is 6.42 Å². The van der Waals surface area contributed by atoms with Crippen LogP contribution >= 0.6 is 0 Å². The summed E-state index contributed by atoms with van der Waals surface area (Å²) < 4.78 is 13.0. The fraction of sp³-hybridized carbons (Fsp3) is 0.680. The van der Waals surface area contributed by atoms with Crippen molar-refractivity contribution in [1.29, 1.82) is 5.41 Å². The number of benzene rings is 1. The molecule has 6 rings (SSSR count). The highest BCUT2D eigenvalue weighted by Gasteiger charge is 2.71. The van der Waals surface area contributed by atoms with Crippen molar-refractivity contribution < 1.29 is 14.1 Å². The second-order valence-corrected chi connectivity index (χ2v) is 11.2. The number of rotatable bonds is 6. The normalized spacial score (nSPS) is 35.6. The number of amides is 2. The van der Waals surface area contributed by atoms with E-state index in [1.807, 2.05) is 18.2 Å². The minimum atomic E-state index is -0.587. The van der Waals surface area contributed by atoms with Crippen LogP contribution in [0.1, 0.15) is 45.6 Å². The Hall–Kier alpha value is -1.90. The van der Waals surface area contributed by atoms with Gasteiger partial charge in [0.2, 0.25) is 0 Å². The summed E-state index contributed by atoms with van der Waals surface area (Å²) >= 11 is 0. The molecule has 3 aliphatic carbocycles. The molecule has 2 aliphatic heterocycles. The summed E-state index contributed by atoms with van der Waals surface area (Å²) in [6.45, 7) is 8.30. The molecular formula is C25H37BN4O3. The molecule has 2 heterocycles. The highest BCUT2D eigenvalue weighted by Crippen LogP contribution is 2.64. The van der Waals surface area contributed by atoms with Crippen molar-refractivity contribution in [3.8, 4) is 0 Å². The number of nitrogens with one attached hydrogen (secondary N) is 3. The van der Waals surface area contributed by atoms with Gasteiger partial charge in [-0.3, -0.25) is 0 Å². The standard InChI is InChI=1S/C25H37BN4O3/c1-24(2)18-14-19(24)25(3)22(21(18)27)32-26(33-25)20(13-16-9-6-5-7-10-16)29-23(31)28-15-17-11-8-12-30(17)4/h5-7,9-10,17-20,22,27H,8,11-15H2,1-4H3,(H2,28,29,31)/t17-,18-,19-,20-,22?,25-/m0/s1. The molecule has 8 heteroatoms. The van der Waals surface area contributed by atoms with Gasteiger partial charge in [0, 0.05) is 24.2 Å². The number of likely N-dealkylation sites (N-methyl/N-ethyl adjacent to an activating group) is 1. The molecule has 1 unspecified atom stereocenters. The monoisotopic (exact) mass is 452 g/mol. The number of hydrogen-bond donors (Lipinski definition) is 3. The second-order valence-electron chi connectivity index (χ2n) is 11.2. The summed E-state index contributed by atoms with van der Waals surface area (Å²) in [4.78, 5) is 15.2. The Labute approximate surface area is 197 Å². The lowest BCUT2D eigenvalue weighted by Gasteiger charge is -2.64. The highest BCUT2D eigenvalue weighted by atomic mass is 16.7. The lowest BCUT2D eigenvalue weighted by atomic mass is 9.43. The molecule has 0 aromatic heterocycles. The zero-order valence-electron chi connectivity index (χ0n) is 20.3. The summed E-state index contributed by atoms with van der Waals surface area (Å²) in [5.74, 6) is 0.266. The zero-order chi connectivity index (χ0) is 23.4. The van der Waals surface area contributed by atoms with Gasteiger partial charge < -0.3 is 30.3 Å². The predicted octanol–water partition coefficient (Wildman–Crippen LogP) is 2.89. The Morgan fingerprint density at radius 3 is 2.73 bits per heavy atom. The summed E-state index contributed by atoms with van der Waals surface area (Å²) in [5, 5.41) is 15.0. The SMILES string of the molecule is CN1CCC[C@H]1CNC(=O)N[C@@H](Cc1ccccc1)B1OC2C(=N)[C@@H]3C[C@@H](C3(C)C)[C@]2(C)O1. The van der Waals surface area contributed by atoms with Gasteiger partial charge in [0.05, 0.1) is 11.5 Å². The van der Waals surface area contributed by atoms with E-state index in [0.29, 0.717) is 30.6 Å². The number of hydrogen-bond acceptors (Lipinski definition) is 5. The first-order valence-electron chi connectivity index (χ1n) is 12.4. The first-order valence-corrected chi connectivity index (χ1v) is 12.4. The molecule has 0 spiro atoms. The maximum absolute atomic E-state index is 12.9. The number of urea groups is 1. The third kappa shape index (κ3) is 3.90. The molecule has 7 nitrogen and oxygen atoms in total. The van der Waals surface area contributed by atoms with Crippen molar-refractivity contribution in [2.45, 2.75) is 70.1 Å². The lowest BCUT2D eigenvalue weighted by molar-refractivity contribution is -0.140. The topological polar surface area (TPSA) is 86.7 Å². The third-order valence-corrected chi connectivity index (χ3v) is 8.89. The second kappa shape index (κ2) is 8.40. The Morgan fingerprint density at radius 1 is 1.30 bits per heavy atom. The number of carbonyl (C=O) groups is 1. The van der Waals surface area contributed by atoms with Crippen LogP contribution in [0, 0.1) is 22.7 Å². The van der Waals surface area contributed by atoms with Crippen LogP contribution in [0.15, 0.2) is 30.3 Å². The van der Waals surface area contributed by atoms with Crippen molar-refractivity contribution >= 4 is 18.9 Å². The molecule has 5 aliphatic rings. The summed E-state index contributed by atoms with van der Waals surface area (Å²) in [6, 6.07) is 10.3. The first-order chi connectivity index (χ1) is 15.7. The Morgan fingerprint density at radius 2 is 2.06 bits per heavy atom. The van der Waals surface area contributed by atoms with Crippen LogP contribution in [0.25, 0.3) is 0 Å². The van der Waals surface area contributed by atoms with E-state index in [9.17, 15) is 4.79 Å². The van der Waals surface area contributed by atoms with E-state index in [4.69, 9.17) is 14.7 Å². The number of likely N-dealkylation sites (tertiary alicyclic amines) is 1. The number of nitrogens with zero attached hydrogens (tertiary/aromatic N) is 1. The molecule has 3 saturated carbocycles. The molecule has 1 aromatic carbocycles. The van der Waals surface area contributed by atoms with E-state index in [0.717, 1.165) is 24.9 Å². The molecule has 0 radical (unpaired) electrons. The fourth-order valence-electron chi connectivity index (χ4n) is 6.79. The van der Waals surface area contributed by atoms with Crippen LogP contribution < -0.4 is 10.6 Å². The van der Waals surface area contributed by atoms with Crippen molar-refractivity contribution in [3.63, 3.8) is 0 Å². The summed E-state index contributed by atoms with van der Waals surface area (Å²) in [5.41, 5.74) is 1.29. The van der Waals surface area contributed by atoms with Crippen LogP contribution in [-0.4, -0.2) is 67.6 Å². The Bertz CT molecular complexity index is 912. The van der Waals surface area contributed by atoms with Crippen molar-refractivity contribution in [2.24, 2.45) is 17.3 Å². The predicted molar refractivity (Wildman–Crippen MR) is 129 cm³/mol. The van der Waals surface area contributed by atoms with Gasteiger partial charge in [0.1, 0.15) is 6.10 Å². The quantitative estimate of drug-likeness (QED) is 0.580. The van der Waals surface area contributed by atoms with E-state index in [-0.39, 0.29) is 29.4 Å². The van der Waals surface area contributed by atoms with Gasteiger partial charge in [-0.1, -0.05) is 44.2 Å². The van der Waals surface area contributed by atoms with Crippen LogP contribution in [0.4, 0.5) is 4.79 Å². The molecule has 2 bridgehead atoms. The van der Waals surface area contributed by atoms with Gasteiger partial charge in [0.25, 0.3) is 0 Å². The molecule has 2 amide bonds.